The second-order valence-electron chi connectivity index (χ2n) is 8.07. The zero-order chi connectivity index (χ0) is 24.5. The maximum absolute atomic E-state index is 13.6. The summed E-state index contributed by atoms with van der Waals surface area (Å²) in [6.07, 6.45) is 0. The van der Waals surface area contributed by atoms with E-state index in [-0.39, 0.29) is 17.4 Å². The number of phenols is 2. The predicted molar refractivity (Wildman–Crippen MR) is 131 cm³/mol. The van der Waals surface area contributed by atoms with Gasteiger partial charge < -0.3 is 25.6 Å². The van der Waals surface area contributed by atoms with Crippen LogP contribution in [0.15, 0.2) is 84.1 Å². The third kappa shape index (κ3) is 4.15. The summed E-state index contributed by atoms with van der Waals surface area (Å²) in [6.45, 7) is 1.79. The molecule has 4 N–H and O–H groups in total. The Hall–Kier alpha value is -4.79. The number of nitrogens with one attached hydrogen (secondary N) is 2. The van der Waals surface area contributed by atoms with Crippen LogP contribution in [0.2, 0.25) is 0 Å². The van der Waals surface area contributed by atoms with E-state index >= 15 is 0 Å². The summed E-state index contributed by atoms with van der Waals surface area (Å²) in [6, 6.07) is 19.8. The number of carbonyl (C=O) groups is 1. The van der Waals surface area contributed by atoms with Crippen LogP contribution < -0.4 is 15.4 Å². The molecule has 9 heteroatoms. The molecule has 0 fully saturated rings. The molecule has 0 radical (unpaired) electrons. The SMILES string of the molecule is COc1ccccc1NC(=O)C1=C(C)Nc2nc(-c3cccc(O)c3)nn2C1c1cccc(O)c1. The number of anilines is 2. The van der Waals surface area contributed by atoms with E-state index in [1.807, 2.05) is 18.2 Å². The molecule has 0 aliphatic carbocycles. The van der Waals surface area contributed by atoms with E-state index in [1.165, 1.54) is 7.11 Å². The summed E-state index contributed by atoms with van der Waals surface area (Å²) in [5.74, 6) is 1.16. The summed E-state index contributed by atoms with van der Waals surface area (Å²) in [7, 11) is 1.54. The van der Waals surface area contributed by atoms with Crippen molar-refractivity contribution in [1.29, 1.82) is 0 Å². The number of para-hydroxylation sites is 2. The molecule has 9 nitrogen and oxygen atoms in total. The average Bonchev–Trinajstić information content (AvgIpc) is 3.27. The minimum atomic E-state index is -0.674. The zero-order valence-corrected chi connectivity index (χ0v) is 19.1. The quantitative estimate of drug-likeness (QED) is 0.344. The van der Waals surface area contributed by atoms with Crippen molar-refractivity contribution in [3.63, 3.8) is 0 Å². The first-order chi connectivity index (χ1) is 16.9. The van der Waals surface area contributed by atoms with Crippen molar-refractivity contribution in [1.82, 2.24) is 14.8 Å². The molecule has 0 saturated heterocycles. The Morgan fingerprint density at radius 1 is 1.03 bits per heavy atom. The molecule has 0 spiro atoms. The van der Waals surface area contributed by atoms with Gasteiger partial charge in [-0.1, -0.05) is 36.4 Å². The van der Waals surface area contributed by atoms with Gasteiger partial charge in [0.05, 0.1) is 18.4 Å². The highest BCUT2D eigenvalue weighted by molar-refractivity contribution is 6.06. The fourth-order valence-electron chi connectivity index (χ4n) is 4.15. The first kappa shape index (κ1) is 22.0. The number of nitrogens with zero attached hydrogens (tertiary/aromatic N) is 3. The van der Waals surface area contributed by atoms with Gasteiger partial charge in [-0.05, 0) is 48.9 Å². The van der Waals surface area contributed by atoms with Gasteiger partial charge in [-0.25, -0.2) is 4.68 Å². The number of ether oxygens (including phenoxy) is 1. The number of aromatic nitrogens is 3. The molecule has 35 heavy (non-hydrogen) atoms. The highest BCUT2D eigenvalue weighted by atomic mass is 16.5. The molecular weight excluding hydrogens is 446 g/mol. The van der Waals surface area contributed by atoms with Gasteiger partial charge in [-0.15, -0.1) is 5.10 Å². The van der Waals surface area contributed by atoms with Crippen molar-refractivity contribution < 1.29 is 19.7 Å². The highest BCUT2D eigenvalue weighted by Crippen LogP contribution is 2.38. The number of methoxy groups -OCH3 is 1. The van der Waals surface area contributed by atoms with Crippen LogP contribution in [0.5, 0.6) is 17.2 Å². The largest absolute Gasteiger partial charge is 0.508 e. The Morgan fingerprint density at radius 3 is 2.51 bits per heavy atom. The first-order valence-electron chi connectivity index (χ1n) is 10.9. The van der Waals surface area contributed by atoms with Crippen molar-refractivity contribution in [3.05, 3.63) is 89.6 Å². The van der Waals surface area contributed by atoms with Crippen molar-refractivity contribution in [2.45, 2.75) is 13.0 Å². The number of aromatic hydroxyl groups is 2. The molecule has 3 aromatic carbocycles. The van der Waals surface area contributed by atoms with E-state index in [1.54, 1.807) is 66.2 Å². The number of benzene rings is 3. The number of hydrogen-bond acceptors (Lipinski definition) is 7. The summed E-state index contributed by atoms with van der Waals surface area (Å²) >= 11 is 0. The first-order valence-corrected chi connectivity index (χ1v) is 10.9. The second-order valence-corrected chi connectivity index (χ2v) is 8.07. The minimum Gasteiger partial charge on any atom is -0.508 e. The number of hydrogen-bond donors (Lipinski definition) is 4. The van der Waals surface area contributed by atoms with Crippen LogP contribution in [-0.2, 0) is 4.79 Å². The normalized spacial score (nSPS) is 14.7. The van der Waals surface area contributed by atoms with Crippen LogP contribution in [-0.4, -0.2) is 38.0 Å². The molecule has 1 aliphatic heterocycles. The molecule has 0 saturated carbocycles. The van der Waals surface area contributed by atoms with Crippen LogP contribution in [0.25, 0.3) is 11.4 Å². The number of carbonyl (C=O) groups excluding carboxylic acids is 1. The molecule has 1 amide bonds. The maximum atomic E-state index is 13.6. The standard InChI is InChI=1S/C26H23N5O4/c1-15-22(25(34)28-20-11-3-4-12-21(20)35-2)23(16-7-5-9-18(32)13-16)31-26(27-15)29-24(30-31)17-8-6-10-19(33)14-17/h3-14,23,32-33H,1-2H3,(H,28,34)(H,27,29,30). The highest BCUT2D eigenvalue weighted by Gasteiger charge is 2.35. The van der Waals surface area contributed by atoms with Gasteiger partial charge in [-0.3, -0.25) is 4.79 Å². The van der Waals surface area contributed by atoms with Gasteiger partial charge in [0.1, 0.15) is 23.3 Å². The van der Waals surface area contributed by atoms with Gasteiger partial charge in [0.2, 0.25) is 5.95 Å². The van der Waals surface area contributed by atoms with E-state index in [0.717, 1.165) is 0 Å². The van der Waals surface area contributed by atoms with Crippen molar-refractivity contribution in [3.8, 4) is 28.6 Å². The van der Waals surface area contributed by atoms with Crippen LogP contribution in [0, 0.1) is 0 Å². The lowest BCUT2D eigenvalue weighted by Gasteiger charge is -2.29. The average molecular weight is 470 g/mol. The number of amides is 1. The van der Waals surface area contributed by atoms with Gasteiger partial charge in [0, 0.05) is 11.3 Å². The van der Waals surface area contributed by atoms with Crippen LogP contribution >= 0.6 is 0 Å². The number of fused-ring (bicyclic) bond motifs is 1. The Kier molecular flexibility index (Phi) is 5.58. The lowest BCUT2D eigenvalue weighted by molar-refractivity contribution is -0.113. The van der Waals surface area contributed by atoms with E-state index < -0.39 is 6.04 Å². The third-order valence-electron chi connectivity index (χ3n) is 5.74. The Labute approximate surface area is 201 Å². The van der Waals surface area contributed by atoms with Crippen molar-refractivity contribution >= 4 is 17.5 Å². The zero-order valence-electron chi connectivity index (χ0n) is 19.1. The van der Waals surface area contributed by atoms with Gasteiger partial charge >= 0.3 is 0 Å². The van der Waals surface area contributed by atoms with Gasteiger partial charge in [0.25, 0.3) is 5.91 Å². The smallest absolute Gasteiger partial charge is 0.255 e. The van der Waals surface area contributed by atoms with Crippen LogP contribution in [0.1, 0.15) is 18.5 Å². The lowest BCUT2D eigenvalue weighted by Crippen LogP contribution is -2.31. The predicted octanol–water partition coefficient (Wildman–Crippen LogP) is 4.29. The third-order valence-corrected chi connectivity index (χ3v) is 5.74. The number of allylic oxidation sites excluding steroid dienone is 1. The van der Waals surface area contributed by atoms with Crippen LogP contribution in [0.4, 0.5) is 11.6 Å². The topological polar surface area (TPSA) is 122 Å². The molecule has 2 heterocycles. The second kappa shape index (κ2) is 8.86. The van der Waals surface area contributed by atoms with Crippen molar-refractivity contribution in [2.24, 2.45) is 0 Å². The summed E-state index contributed by atoms with van der Waals surface area (Å²) in [5.41, 5.74) is 2.81. The summed E-state index contributed by atoms with van der Waals surface area (Å²) in [5, 5.41) is 30.9. The molecule has 0 bridgehead atoms. The Bertz CT molecular complexity index is 1460. The van der Waals surface area contributed by atoms with Gasteiger partial charge in [-0.2, -0.15) is 4.98 Å². The molecule has 5 rings (SSSR count). The van der Waals surface area contributed by atoms with Crippen LogP contribution in [0.3, 0.4) is 0 Å². The van der Waals surface area contributed by atoms with E-state index in [4.69, 9.17) is 4.74 Å². The molecule has 1 atom stereocenters. The Balaban J connectivity index is 1.61. The number of phenolic OH excluding ortho intramolecular Hbond substituents is 2. The van der Waals surface area contributed by atoms with E-state index in [9.17, 15) is 15.0 Å². The molecule has 176 valence electrons. The molecule has 4 aromatic rings. The summed E-state index contributed by atoms with van der Waals surface area (Å²) in [4.78, 5) is 18.2. The van der Waals surface area contributed by atoms with Gasteiger partial charge in [0.15, 0.2) is 5.82 Å². The lowest BCUT2D eigenvalue weighted by atomic mass is 9.95. The monoisotopic (exact) mass is 469 g/mol. The maximum Gasteiger partial charge on any atom is 0.255 e. The molecule has 1 aliphatic rings. The summed E-state index contributed by atoms with van der Waals surface area (Å²) < 4.78 is 6.99. The molecular formula is C26H23N5O4. The minimum absolute atomic E-state index is 0.0676. The fourth-order valence-corrected chi connectivity index (χ4v) is 4.15. The van der Waals surface area contributed by atoms with E-state index in [2.05, 4.69) is 20.7 Å². The fraction of sp³-hybridized carbons (Fsp3) is 0.115. The molecule has 1 unspecified atom stereocenters. The van der Waals surface area contributed by atoms with E-state index in [0.29, 0.717) is 45.6 Å². The Morgan fingerprint density at radius 2 is 1.77 bits per heavy atom. The number of rotatable bonds is 5. The van der Waals surface area contributed by atoms with Crippen molar-refractivity contribution in [2.75, 3.05) is 17.7 Å². The molecule has 1 aromatic heterocycles.